The Morgan fingerprint density at radius 2 is 2.12 bits per heavy atom. The molecule has 1 aliphatic heterocycles. The van der Waals surface area contributed by atoms with Crippen molar-refractivity contribution in [1.82, 2.24) is 0 Å². The van der Waals surface area contributed by atoms with Crippen molar-refractivity contribution < 1.29 is 22.7 Å². The second-order valence-corrected chi connectivity index (χ2v) is 6.11. The van der Waals surface area contributed by atoms with Gasteiger partial charge in [0.25, 0.3) is 11.5 Å². The monoisotopic (exact) mass is 355 g/mol. The summed E-state index contributed by atoms with van der Waals surface area (Å²) in [6.45, 7) is 3.38. The van der Waals surface area contributed by atoms with E-state index in [1.54, 1.807) is 0 Å². The van der Waals surface area contributed by atoms with E-state index in [1.165, 1.54) is 12.1 Å². The number of fused-ring (bicyclic) bond motifs is 1. The van der Waals surface area contributed by atoms with Crippen LogP contribution in [0.2, 0.25) is 5.02 Å². The molecule has 7 heteroatoms. The Morgan fingerprint density at radius 1 is 1.42 bits per heavy atom. The zero-order valence-electron chi connectivity index (χ0n) is 12.4. The average molecular weight is 356 g/mol. The minimum absolute atomic E-state index is 0.0313. The van der Waals surface area contributed by atoms with Gasteiger partial charge >= 0.3 is 6.18 Å². The molecule has 0 unspecified atom stereocenters. The Balaban J connectivity index is 2.27. The van der Waals surface area contributed by atoms with E-state index < -0.39 is 23.8 Å². The summed E-state index contributed by atoms with van der Waals surface area (Å²) >= 11 is 5.89. The number of halogens is 4. The van der Waals surface area contributed by atoms with E-state index in [0.717, 1.165) is 25.0 Å². The van der Waals surface area contributed by atoms with Crippen LogP contribution < -0.4 is 5.32 Å². The Kier molecular flexibility index (Phi) is 4.10. The third-order valence-corrected chi connectivity index (χ3v) is 4.06. The summed E-state index contributed by atoms with van der Waals surface area (Å²) in [5, 5.41) is 2.51. The normalized spacial score (nSPS) is 26.5. The van der Waals surface area contributed by atoms with Crippen LogP contribution in [0, 0.1) is 17.8 Å². The zero-order chi connectivity index (χ0) is 17.5. The first-order chi connectivity index (χ1) is 11.3. The number of rotatable bonds is 1. The highest BCUT2D eigenvalue weighted by Gasteiger charge is 2.60. The molecule has 1 aromatic rings. The van der Waals surface area contributed by atoms with Crippen molar-refractivity contribution in [3.63, 3.8) is 0 Å². The van der Waals surface area contributed by atoms with E-state index in [1.807, 2.05) is 0 Å². The SMILES string of the molecule is C=C[C@@H]1O[C@](C#CC2CC2)(C(F)(F)F)c2cc(Cl)ccc2NC1=O. The molecule has 1 aliphatic carbocycles. The molecule has 2 atom stereocenters. The van der Waals surface area contributed by atoms with Gasteiger partial charge in [0, 0.05) is 22.2 Å². The van der Waals surface area contributed by atoms with Crippen LogP contribution in [-0.2, 0) is 15.1 Å². The fraction of sp³-hybridized carbons (Fsp3) is 0.353. The number of carbonyl (C=O) groups is 1. The highest BCUT2D eigenvalue weighted by atomic mass is 35.5. The Labute approximate surface area is 141 Å². The smallest absolute Gasteiger partial charge is 0.332 e. The van der Waals surface area contributed by atoms with Crippen LogP contribution >= 0.6 is 11.6 Å². The lowest BCUT2D eigenvalue weighted by atomic mass is 9.91. The third kappa shape index (κ3) is 2.90. The molecular formula is C17H13ClF3NO2. The number of hydrogen-bond donors (Lipinski definition) is 1. The van der Waals surface area contributed by atoms with Crippen LogP contribution in [0.4, 0.5) is 18.9 Å². The van der Waals surface area contributed by atoms with Gasteiger partial charge in [-0.2, -0.15) is 13.2 Å². The predicted molar refractivity (Wildman–Crippen MR) is 83.4 cm³/mol. The molecule has 1 heterocycles. The van der Waals surface area contributed by atoms with Crippen LogP contribution in [-0.4, -0.2) is 18.2 Å². The van der Waals surface area contributed by atoms with Crippen molar-refractivity contribution >= 4 is 23.2 Å². The molecule has 1 saturated carbocycles. The van der Waals surface area contributed by atoms with Crippen molar-refractivity contribution in [2.45, 2.75) is 30.7 Å². The molecule has 0 saturated heterocycles. The summed E-state index contributed by atoms with van der Waals surface area (Å²) in [7, 11) is 0. The van der Waals surface area contributed by atoms with Gasteiger partial charge < -0.3 is 10.1 Å². The number of amides is 1. The third-order valence-electron chi connectivity index (χ3n) is 3.82. The first-order valence-corrected chi connectivity index (χ1v) is 7.65. The molecule has 0 aromatic heterocycles. The second-order valence-electron chi connectivity index (χ2n) is 5.68. The van der Waals surface area contributed by atoms with Gasteiger partial charge in [0.1, 0.15) is 0 Å². The maximum absolute atomic E-state index is 14.1. The first-order valence-electron chi connectivity index (χ1n) is 7.27. The summed E-state index contributed by atoms with van der Waals surface area (Å²) in [5.41, 5.74) is -3.31. The van der Waals surface area contributed by atoms with E-state index in [2.05, 4.69) is 23.7 Å². The van der Waals surface area contributed by atoms with Gasteiger partial charge in [-0.15, -0.1) is 0 Å². The van der Waals surface area contributed by atoms with Crippen LogP contribution in [0.15, 0.2) is 30.9 Å². The van der Waals surface area contributed by atoms with Crippen LogP contribution in [0.1, 0.15) is 18.4 Å². The van der Waals surface area contributed by atoms with Crippen molar-refractivity contribution in [2.75, 3.05) is 5.32 Å². The number of nitrogens with one attached hydrogen (secondary N) is 1. The highest BCUT2D eigenvalue weighted by molar-refractivity contribution is 6.30. The lowest BCUT2D eigenvalue weighted by molar-refractivity contribution is -0.263. The van der Waals surface area contributed by atoms with Crippen LogP contribution in [0.5, 0.6) is 0 Å². The number of ether oxygens (including phenoxy) is 1. The van der Waals surface area contributed by atoms with Gasteiger partial charge in [-0.25, -0.2) is 0 Å². The topological polar surface area (TPSA) is 38.3 Å². The zero-order valence-corrected chi connectivity index (χ0v) is 13.2. The summed E-state index contributed by atoms with van der Waals surface area (Å²) in [5.74, 6) is 4.04. The number of hydrogen-bond acceptors (Lipinski definition) is 2. The number of alkyl halides is 3. The van der Waals surface area contributed by atoms with Crippen molar-refractivity contribution in [3.8, 4) is 11.8 Å². The molecule has 1 aromatic carbocycles. The van der Waals surface area contributed by atoms with E-state index in [-0.39, 0.29) is 22.2 Å². The molecule has 24 heavy (non-hydrogen) atoms. The van der Waals surface area contributed by atoms with Gasteiger partial charge in [0.2, 0.25) is 0 Å². The van der Waals surface area contributed by atoms with Gasteiger partial charge in [0.05, 0.1) is 0 Å². The molecule has 3 nitrogen and oxygen atoms in total. The molecule has 0 radical (unpaired) electrons. The Bertz CT molecular complexity index is 761. The summed E-state index contributed by atoms with van der Waals surface area (Å²) in [4.78, 5) is 12.1. The summed E-state index contributed by atoms with van der Waals surface area (Å²) < 4.78 is 47.4. The van der Waals surface area contributed by atoms with Crippen molar-refractivity contribution in [2.24, 2.45) is 5.92 Å². The lowest BCUT2D eigenvalue weighted by Gasteiger charge is -2.32. The molecule has 1 fully saturated rings. The highest BCUT2D eigenvalue weighted by Crippen LogP contribution is 2.48. The van der Waals surface area contributed by atoms with Crippen molar-refractivity contribution in [1.29, 1.82) is 0 Å². The number of anilines is 1. The molecule has 0 bridgehead atoms. The first kappa shape index (κ1) is 16.9. The molecular weight excluding hydrogens is 343 g/mol. The minimum Gasteiger partial charge on any atom is -0.332 e. The Hall–Kier alpha value is -1.97. The maximum atomic E-state index is 14.1. The molecule has 1 amide bonds. The van der Waals surface area contributed by atoms with Gasteiger partial charge in [0.15, 0.2) is 6.10 Å². The molecule has 3 rings (SSSR count). The lowest BCUT2D eigenvalue weighted by Crippen LogP contribution is -2.46. The van der Waals surface area contributed by atoms with Crippen molar-refractivity contribution in [3.05, 3.63) is 41.4 Å². The van der Waals surface area contributed by atoms with Crippen LogP contribution in [0.25, 0.3) is 0 Å². The summed E-state index contributed by atoms with van der Waals surface area (Å²) in [6.07, 6.45) is -3.84. The number of benzene rings is 1. The Morgan fingerprint density at radius 3 is 2.71 bits per heavy atom. The molecule has 0 spiro atoms. The van der Waals surface area contributed by atoms with Gasteiger partial charge in [-0.05, 0) is 31.0 Å². The quantitative estimate of drug-likeness (QED) is 0.610. The average Bonchev–Trinajstić information content (AvgIpc) is 3.32. The number of carbonyl (C=O) groups excluding carboxylic acids is 1. The molecule has 1 N–H and O–H groups in total. The standard InChI is InChI=1S/C17H13ClF3NO2/c1-2-14-15(23)22-13-6-5-11(18)9-12(13)16(24-14,17(19,20)21)8-7-10-3-4-10/h2,5-6,9-10,14H,1,3-4H2,(H,22,23)/t14-,16-/m0/s1. The fourth-order valence-electron chi connectivity index (χ4n) is 2.40. The van der Waals surface area contributed by atoms with E-state index >= 15 is 0 Å². The maximum Gasteiger partial charge on any atom is 0.433 e. The summed E-state index contributed by atoms with van der Waals surface area (Å²) in [6, 6.07) is 3.83. The largest absolute Gasteiger partial charge is 0.433 e. The minimum atomic E-state index is -4.87. The van der Waals surface area contributed by atoms with E-state index in [9.17, 15) is 18.0 Å². The molecule has 2 aliphatic rings. The van der Waals surface area contributed by atoms with Gasteiger partial charge in [-0.1, -0.05) is 36.1 Å². The second kappa shape index (κ2) is 5.83. The van der Waals surface area contributed by atoms with E-state index in [0.29, 0.717) is 0 Å². The predicted octanol–water partition coefficient (Wildman–Crippen LogP) is 4.03. The van der Waals surface area contributed by atoms with Gasteiger partial charge in [-0.3, -0.25) is 4.79 Å². The van der Waals surface area contributed by atoms with E-state index in [4.69, 9.17) is 16.3 Å². The van der Waals surface area contributed by atoms with Crippen LogP contribution in [0.3, 0.4) is 0 Å². The fourth-order valence-corrected chi connectivity index (χ4v) is 2.57. The molecule has 126 valence electrons.